The van der Waals surface area contributed by atoms with Gasteiger partial charge in [0.05, 0.1) is 12.6 Å². The fourth-order valence-electron chi connectivity index (χ4n) is 2.84. The topological polar surface area (TPSA) is 41.5 Å². The van der Waals surface area contributed by atoms with Crippen LogP contribution in [0.3, 0.4) is 0 Å². The van der Waals surface area contributed by atoms with Crippen LogP contribution in [0.15, 0.2) is 36.4 Å². The normalized spacial score (nSPS) is 20.5. The van der Waals surface area contributed by atoms with E-state index in [0.29, 0.717) is 18.3 Å². The molecule has 0 amide bonds. The van der Waals surface area contributed by atoms with Gasteiger partial charge in [-0.1, -0.05) is 25.1 Å². The van der Waals surface area contributed by atoms with Crippen molar-refractivity contribution in [2.45, 2.75) is 26.8 Å². The Hall–Kier alpha value is -2.16. The van der Waals surface area contributed by atoms with Gasteiger partial charge in [0.1, 0.15) is 11.5 Å². The zero-order valence-corrected chi connectivity index (χ0v) is 12.7. The van der Waals surface area contributed by atoms with E-state index in [1.54, 1.807) is 0 Å². The Labute approximate surface area is 125 Å². The Morgan fingerprint density at radius 2 is 1.90 bits per heavy atom. The molecule has 1 aliphatic rings. The third kappa shape index (κ3) is 2.56. The number of anilines is 1. The summed E-state index contributed by atoms with van der Waals surface area (Å²) in [6.45, 7) is 6.83. The molecule has 0 aromatic heterocycles. The van der Waals surface area contributed by atoms with Crippen LogP contribution in [0.1, 0.15) is 29.7 Å². The van der Waals surface area contributed by atoms with E-state index in [2.05, 4.69) is 18.3 Å². The number of ether oxygens (including phenoxy) is 1. The lowest BCUT2D eigenvalue weighted by Gasteiger charge is -2.33. The average Bonchev–Trinajstić information content (AvgIpc) is 2.47. The van der Waals surface area contributed by atoms with E-state index in [1.165, 1.54) is 5.56 Å². The number of hydrogen-bond acceptors (Lipinski definition) is 3. The minimum Gasteiger partial charge on any atom is -0.508 e. The Bertz CT molecular complexity index is 666. The Balaban J connectivity index is 1.96. The van der Waals surface area contributed by atoms with Crippen molar-refractivity contribution in [1.29, 1.82) is 0 Å². The molecule has 0 saturated carbocycles. The van der Waals surface area contributed by atoms with Crippen LogP contribution < -0.4 is 10.1 Å². The maximum absolute atomic E-state index is 9.79. The summed E-state index contributed by atoms with van der Waals surface area (Å²) in [5.74, 6) is 1.69. The van der Waals surface area contributed by atoms with Crippen LogP contribution in [0.4, 0.5) is 5.69 Å². The molecule has 1 heterocycles. The van der Waals surface area contributed by atoms with E-state index in [0.717, 1.165) is 22.6 Å². The molecule has 0 bridgehead atoms. The smallest absolute Gasteiger partial charge is 0.124 e. The van der Waals surface area contributed by atoms with Crippen molar-refractivity contribution >= 4 is 5.69 Å². The second-order valence-electron chi connectivity index (χ2n) is 5.90. The van der Waals surface area contributed by atoms with E-state index >= 15 is 0 Å². The van der Waals surface area contributed by atoms with E-state index < -0.39 is 0 Å². The first-order chi connectivity index (χ1) is 10.1. The fraction of sp³-hybridized carbons (Fsp3) is 0.333. The molecule has 21 heavy (non-hydrogen) atoms. The number of phenolic OH excluding ortho intramolecular Hbond substituents is 1. The number of rotatable bonds is 2. The van der Waals surface area contributed by atoms with Crippen LogP contribution in [0.5, 0.6) is 11.5 Å². The Morgan fingerprint density at radius 3 is 2.71 bits per heavy atom. The molecule has 2 aromatic rings. The lowest BCUT2D eigenvalue weighted by molar-refractivity contribution is 0.214. The van der Waals surface area contributed by atoms with Crippen molar-refractivity contribution in [2.75, 3.05) is 11.9 Å². The molecule has 2 unspecified atom stereocenters. The third-order valence-electron chi connectivity index (χ3n) is 4.18. The number of aryl methyl sites for hydroxylation is 2. The monoisotopic (exact) mass is 283 g/mol. The first-order valence-corrected chi connectivity index (χ1v) is 7.34. The van der Waals surface area contributed by atoms with Crippen molar-refractivity contribution in [3.05, 3.63) is 53.1 Å². The summed E-state index contributed by atoms with van der Waals surface area (Å²) in [6, 6.07) is 12.2. The third-order valence-corrected chi connectivity index (χ3v) is 4.18. The van der Waals surface area contributed by atoms with Gasteiger partial charge in [-0.05, 0) is 43.2 Å². The summed E-state index contributed by atoms with van der Waals surface area (Å²) in [5, 5.41) is 13.4. The summed E-state index contributed by atoms with van der Waals surface area (Å²) in [5.41, 5.74) is 4.20. The second kappa shape index (κ2) is 5.32. The standard InChI is InChI=1S/C18H21NO2/c1-11-9-16(20)12(2)8-15(11)19-18-13(3)10-21-17-7-5-4-6-14(17)18/h4-9,13,18-20H,10H2,1-3H3. The van der Waals surface area contributed by atoms with Gasteiger partial charge in [-0.15, -0.1) is 0 Å². The highest BCUT2D eigenvalue weighted by atomic mass is 16.5. The van der Waals surface area contributed by atoms with Gasteiger partial charge in [0.15, 0.2) is 0 Å². The van der Waals surface area contributed by atoms with Crippen LogP contribution in [0.25, 0.3) is 0 Å². The summed E-state index contributed by atoms with van der Waals surface area (Å²) >= 11 is 0. The quantitative estimate of drug-likeness (QED) is 0.812. The lowest BCUT2D eigenvalue weighted by atomic mass is 9.91. The van der Waals surface area contributed by atoms with Gasteiger partial charge >= 0.3 is 0 Å². The lowest BCUT2D eigenvalue weighted by Crippen LogP contribution is -2.29. The van der Waals surface area contributed by atoms with E-state index in [1.807, 2.05) is 44.2 Å². The molecule has 2 atom stereocenters. The fourth-order valence-corrected chi connectivity index (χ4v) is 2.84. The molecule has 3 nitrogen and oxygen atoms in total. The van der Waals surface area contributed by atoms with Crippen LogP contribution in [0.2, 0.25) is 0 Å². The molecule has 0 fully saturated rings. The molecular weight excluding hydrogens is 262 g/mol. The van der Waals surface area contributed by atoms with E-state index in [-0.39, 0.29) is 6.04 Å². The van der Waals surface area contributed by atoms with Crippen LogP contribution in [-0.2, 0) is 0 Å². The highest BCUT2D eigenvalue weighted by Crippen LogP contribution is 2.38. The molecular formula is C18H21NO2. The molecule has 3 heteroatoms. The van der Waals surface area contributed by atoms with Crippen LogP contribution >= 0.6 is 0 Å². The molecule has 3 rings (SSSR count). The molecule has 0 radical (unpaired) electrons. The summed E-state index contributed by atoms with van der Waals surface area (Å²) < 4.78 is 5.80. The number of hydrogen-bond donors (Lipinski definition) is 2. The maximum Gasteiger partial charge on any atom is 0.124 e. The molecule has 1 aliphatic heterocycles. The number of benzene rings is 2. The molecule has 0 aliphatic carbocycles. The number of fused-ring (bicyclic) bond motifs is 1. The number of aromatic hydroxyl groups is 1. The van der Waals surface area contributed by atoms with E-state index in [9.17, 15) is 5.11 Å². The van der Waals surface area contributed by atoms with Gasteiger partial charge in [0, 0.05) is 17.2 Å². The molecule has 2 N–H and O–H groups in total. The van der Waals surface area contributed by atoms with Gasteiger partial charge in [0.2, 0.25) is 0 Å². The van der Waals surface area contributed by atoms with Crippen LogP contribution in [-0.4, -0.2) is 11.7 Å². The van der Waals surface area contributed by atoms with Gasteiger partial charge in [-0.2, -0.15) is 0 Å². The number of phenols is 1. The second-order valence-corrected chi connectivity index (χ2v) is 5.90. The molecule has 110 valence electrons. The minimum absolute atomic E-state index is 0.220. The SMILES string of the molecule is Cc1cc(NC2c3ccccc3OCC2C)c(C)cc1O. The molecule has 0 spiro atoms. The minimum atomic E-state index is 0.220. The van der Waals surface area contributed by atoms with E-state index in [4.69, 9.17) is 4.74 Å². The van der Waals surface area contributed by atoms with Crippen molar-refractivity contribution < 1.29 is 9.84 Å². The van der Waals surface area contributed by atoms with Crippen molar-refractivity contribution in [2.24, 2.45) is 5.92 Å². The Morgan fingerprint density at radius 1 is 1.14 bits per heavy atom. The highest BCUT2D eigenvalue weighted by Gasteiger charge is 2.27. The summed E-state index contributed by atoms with van der Waals surface area (Å²) in [6.07, 6.45) is 0. The Kier molecular flexibility index (Phi) is 3.50. The zero-order valence-electron chi connectivity index (χ0n) is 12.7. The first kappa shape index (κ1) is 13.8. The predicted molar refractivity (Wildman–Crippen MR) is 85.0 cm³/mol. The van der Waals surface area contributed by atoms with Gasteiger partial charge in [0.25, 0.3) is 0 Å². The van der Waals surface area contributed by atoms with Crippen molar-refractivity contribution in [3.63, 3.8) is 0 Å². The van der Waals surface area contributed by atoms with Gasteiger partial charge in [-0.3, -0.25) is 0 Å². The average molecular weight is 283 g/mol. The zero-order chi connectivity index (χ0) is 15.0. The summed E-state index contributed by atoms with van der Waals surface area (Å²) in [4.78, 5) is 0. The van der Waals surface area contributed by atoms with Gasteiger partial charge in [-0.25, -0.2) is 0 Å². The number of nitrogens with one attached hydrogen (secondary N) is 1. The van der Waals surface area contributed by atoms with Crippen LogP contribution in [0, 0.1) is 19.8 Å². The molecule has 2 aromatic carbocycles. The van der Waals surface area contributed by atoms with Gasteiger partial charge < -0.3 is 15.2 Å². The first-order valence-electron chi connectivity index (χ1n) is 7.34. The van der Waals surface area contributed by atoms with Crippen molar-refractivity contribution in [3.8, 4) is 11.5 Å². The highest BCUT2D eigenvalue weighted by molar-refractivity contribution is 5.58. The summed E-state index contributed by atoms with van der Waals surface area (Å²) in [7, 11) is 0. The largest absolute Gasteiger partial charge is 0.508 e. The maximum atomic E-state index is 9.79. The predicted octanol–water partition coefficient (Wildman–Crippen LogP) is 4.19. The number of para-hydroxylation sites is 1. The molecule has 0 saturated heterocycles. The van der Waals surface area contributed by atoms with Crippen molar-refractivity contribution in [1.82, 2.24) is 0 Å².